The smallest absolute Gasteiger partial charge is 0.237 e. The molecule has 0 aliphatic rings. The lowest BCUT2D eigenvalue weighted by molar-refractivity contribution is -0.116. The summed E-state index contributed by atoms with van der Waals surface area (Å²) in [5.74, 6) is 0.449. The number of imidazole rings is 1. The molecule has 1 heterocycles. The van der Waals surface area contributed by atoms with Gasteiger partial charge in [0.2, 0.25) is 5.91 Å². The molecule has 5 heteroatoms. The third kappa shape index (κ3) is 3.94. The van der Waals surface area contributed by atoms with Gasteiger partial charge in [-0.1, -0.05) is 60.3 Å². The van der Waals surface area contributed by atoms with Crippen molar-refractivity contribution in [2.75, 3.05) is 17.2 Å². The lowest BCUT2D eigenvalue weighted by Crippen LogP contribution is -2.32. The number of aromatic nitrogens is 2. The largest absolute Gasteiger partial charge is 0.322 e. The summed E-state index contributed by atoms with van der Waals surface area (Å²) in [6.45, 7) is 2.64. The van der Waals surface area contributed by atoms with E-state index in [-0.39, 0.29) is 5.91 Å². The van der Waals surface area contributed by atoms with E-state index in [1.54, 1.807) is 4.90 Å². The molecule has 1 amide bonds. The van der Waals surface area contributed by atoms with Crippen molar-refractivity contribution in [2.24, 2.45) is 7.05 Å². The number of benzene rings is 2. The van der Waals surface area contributed by atoms with Crippen LogP contribution in [0.4, 0.5) is 5.69 Å². The molecule has 0 spiro atoms. The number of carbonyl (C=O) groups excluding carboxylic acids is 1. The molecule has 128 valence electrons. The fourth-order valence-electron chi connectivity index (χ4n) is 2.72. The second kappa shape index (κ2) is 8.03. The molecule has 0 saturated heterocycles. The van der Waals surface area contributed by atoms with Gasteiger partial charge in [0.25, 0.3) is 0 Å². The molecular formula is C20H21N3OS. The molecule has 2 aromatic carbocycles. The number of carbonyl (C=O) groups is 1. The van der Waals surface area contributed by atoms with Crippen molar-refractivity contribution in [2.45, 2.75) is 12.1 Å². The first-order chi connectivity index (χ1) is 12.2. The Bertz CT molecular complexity index is 831. The molecule has 0 N–H and O–H groups in total. The van der Waals surface area contributed by atoms with Gasteiger partial charge in [-0.2, -0.15) is 0 Å². The van der Waals surface area contributed by atoms with E-state index in [2.05, 4.69) is 17.1 Å². The highest BCUT2D eigenvalue weighted by Gasteiger charge is 2.16. The topological polar surface area (TPSA) is 38.1 Å². The van der Waals surface area contributed by atoms with E-state index in [1.165, 1.54) is 11.8 Å². The van der Waals surface area contributed by atoms with E-state index in [1.807, 2.05) is 73.3 Å². The molecule has 0 radical (unpaired) electrons. The van der Waals surface area contributed by atoms with E-state index >= 15 is 0 Å². The summed E-state index contributed by atoms with van der Waals surface area (Å²) < 4.78 is 2.03. The van der Waals surface area contributed by atoms with E-state index in [9.17, 15) is 4.79 Å². The van der Waals surface area contributed by atoms with Crippen LogP contribution in [0.3, 0.4) is 0 Å². The van der Waals surface area contributed by atoms with E-state index in [0.717, 1.165) is 22.1 Å². The van der Waals surface area contributed by atoms with Gasteiger partial charge in [0.15, 0.2) is 5.16 Å². The van der Waals surface area contributed by atoms with Crippen LogP contribution in [0.25, 0.3) is 11.3 Å². The number of para-hydroxylation sites is 1. The molecule has 25 heavy (non-hydrogen) atoms. The van der Waals surface area contributed by atoms with Gasteiger partial charge < -0.3 is 9.47 Å². The maximum atomic E-state index is 12.6. The van der Waals surface area contributed by atoms with Crippen LogP contribution in [0, 0.1) is 0 Å². The second-order valence-electron chi connectivity index (χ2n) is 5.61. The van der Waals surface area contributed by atoms with E-state index in [4.69, 9.17) is 0 Å². The molecular weight excluding hydrogens is 330 g/mol. The highest BCUT2D eigenvalue weighted by molar-refractivity contribution is 7.99. The molecule has 0 aliphatic heterocycles. The Balaban J connectivity index is 1.69. The molecule has 0 saturated carbocycles. The first kappa shape index (κ1) is 17.3. The highest BCUT2D eigenvalue weighted by Crippen LogP contribution is 2.25. The minimum Gasteiger partial charge on any atom is -0.322 e. The highest BCUT2D eigenvalue weighted by atomic mass is 32.2. The number of hydrogen-bond donors (Lipinski definition) is 0. The Morgan fingerprint density at radius 3 is 2.36 bits per heavy atom. The summed E-state index contributed by atoms with van der Waals surface area (Å²) in [5, 5.41) is 0.844. The quantitative estimate of drug-likeness (QED) is 0.624. The number of thioether (sulfide) groups is 1. The van der Waals surface area contributed by atoms with Crippen LogP contribution in [0.1, 0.15) is 6.92 Å². The number of nitrogens with zero attached hydrogens (tertiary/aromatic N) is 3. The van der Waals surface area contributed by atoms with Crippen LogP contribution in [0.2, 0.25) is 0 Å². The molecule has 0 atom stereocenters. The van der Waals surface area contributed by atoms with Gasteiger partial charge in [-0.15, -0.1) is 0 Å². The zero-order chi connectivity index (χ0) is 17.6. The Labute approximate surface area is 152 Å². The van der Waals surface area contributed by atoms with Gasteiger partial charge in [-0.25, -0.2) is 4.98 Å². The number of anilines is 1. The van der Waals surface area contributed by atoms with Crippen molar-refractivity contribution in [3.05, 3.63) is 66.9 Å². The second-order valence-corrected chi connectivity index (χ2v) is 6.56. The van der Waals surface area contributed by atoms with E-state index < -0.39 is 0 Å². The fraction of sp³-hybridized carbons (Fsp3) is 0.200. The average Bonchev–Trinajstić information content (AvgIpc) is 3.03. The predicted molar refractivity (Wildman–Crippen MR) is 104 cm³/mol. The van der Waals surface area contributed by atoms with Crippen LogP contribution < -0.4 is 4.90 Å². The maximum Gasteiger partial charge on any atom is 0.237 e. The van der Waals surface area contributed by atoms with Gasteiger partial charge in [0.05, 0.1) is 17.6 Å². The summed E-state index contributed by atoms with van der Waals surface area (Å²) in [7, 11) is 1.98. The number of amides is 1. The lowest BCUT2D eigenvalue weighted by Gasteiger charge is -2.20. The molecule has 3 rings (SSSR count). The summed E-state index contributed by atoms with van der Waals surface area (Å²) in [6, 6.07) is 19.9. The Morgan fingerprint density at radius 1 is 1.08 bits per heavy atom. The summed E-state index contributed by atoms with van der Waals surface area (Å²) in [4.78, 5) is 18.9. The van der Waals surface area contributed by atoms with Crippen molar-refractivity contribution >= 4 is 23.4 Å². The first-order valence-corrected chi connectivity index (χ1v) is 9.24. The fourth-order valence-corrected chi connectivity index (χ4v) is 3.55. The van der Waals surface area contributed by atoms with Crippen molar-refractivity contribution in [3.63, 3.8) is 0 Å². The molecule has 4 nitrogen and oxygen atoms in total. The predicted octanol–water partition coefficient (Wildman–Crippen LogP) is 4.23. The van der Waals surface area contributed by atoms with Crippen LogP contribution in [0.15, 0.2) is 72.0 Å². The molecule has 3 aromatic rings. The van der Waals surface area contributed by atoms with Crippen LogP contribution in [0.5, 0.6) is 0 Å². The average molecular weight is 351 g/mol. The SMILES string of the molecule is CCN(C(=O)CSc1ncc(-c2ccccc2)n1C)c1ccccc1. The standard InChI is InChI=1S/C20H21N3OS/c1-3-23(17-12-8-5-9-13-17)19(24)15-25-20-21-14-18(22(20)2)16-10-6-4-7-11-16/h4-14H,3,15H2,1-2H3. The maximum absolute atomic E-state index is 12.6. The van der Waals surface area contributed by atoms with Crippen LogP contribution in [-0.4, -0.2) is 27.8 Å². The lowest BCUT2D eigenvalue weighted by atomic mass is 10.2. The Hall–Kier alpha value is -2.53. The zero-order valence-corrected chi connectivity index (χ0v) is 15.2. The summed E-state index contributed by atoms with van der Waals surface area (Å²) in [5.41, 5.74) is 3.10. The summed E-state index contributed by atoms with van der Waals surface area (Å²) >= 11 is 1.47. The van der Waals surface area contributed by atoms with Crippen molar-refractivity contribution < 1.29 is 4.79 Å². The molecule has 0 bridgehead atoms. The number of rotatable bonds is 6. The van der Waals surface area contributed by atoms with Crippen molar-refractivity contribution in [1.82, 2.24) is 9.55 Å². The zero-order valence-electron chi connectivity index (χ0n) is 14.4. The van der Waals surface area contributed by atoms with E-state index in [0.29, 0.717) is 12.3 Å². The Kier molecular flexibility index (Phi) is 5.56. The normalized spacial score (nSPS) is 10.6. The van der Waals surface area contributed by atoms with Crippen LogP contribution in [-0.2, 0) is 11.8 Å². The minimum absolute atomic E-state index is 0.0861. The van der Waals surface area contributed by atoms with Gasteiger partial charge in [0.1, 0.15) is 0 Å². The molecule has 0 aliphatic carbocycles. The summed E-state index contributed by atoms with van der Waals surface area (Å²) in [6.07, 6.45) is 1.86. The van der Waals surface area contributed by atoms with Crippen molar-refractivity contribution in [1.29, 1.82) is 0 Å². The molecule has 0 fully saturated rings. The monoisotopic (exact) mass is 351 g/mol. The first-order valence-electron chi connectivity index (χ1n) is 8.26. The third-order valence-electron chi connectivity index (χ3n) is 4.03. The molecule has 0 unspecified atom stereocenters. The minimum atomic E-state index is 0.0861. The van der Waals surface area contributed by atoms with Crippen molar-refractivity contribution in [3.8, 4) is 11.3 Å². The Morgan fingerprint density at radius 2 is 1.72 bits per heavy atom. The van der Waals surface area contributed by atoms with Crippen LogP contribution >= 0.6 is 11.8 Å². The third-order valence-corrected chi connectivity index (χ3v) is 5.05. The van der Waals surface area contributed by atoms with Gasteiger partial charge in [-0.3, -0.25) is 4.79 Å². The van der Waals surface area contributed by atoms with Gasteiger partial charge in [0, 0.05) is 19.3 Å². The van der Waals surface area contributed by atoms with Gasteiger partial charge >= 0.3 is 0 Å². The molecule has 1 aromatic heterocycles. The van der Waals surface area contributed by atoms with Gasteiger partial charge in [-0.05, 0) is 24.6 Å². The number of hydrogen-bond acceptors (Lipinski definition) is 3.